The highest BCUT2D eigenvalue weighted by Crippen LogP contribution is 2.35. The monoisotopic (exact) mass is 483 g/mol. The molecule has 1 saturated heterocycles. The van der Waals surface area contributed by atoms with Crippen LogP contribution >= 0.6 is 0 Å². The third kappa shape index (κ3) is 5.66. The van der Waals surface area contributed by atoms with E-state index in [4.69, 9.17) is 9.47 Å². The molecule has 1 atom stereocenters. The normalized spacial score (nSPS) is 20.5. The average molecular weight is 484 g/mol. The fourth-order valence-electron chi connectivity index (χ4n) is 4.53. The number of nitrogens with zero attached hydrogens (tertiary/aromatic N) is 2. The molecule has 2 aliphatic heterocycles. The third-order valence-electron chi connectivity index (χ3n) is 6.26. The van der Waals surface area contributed by atoms with E-state index in [1.807, 2.05) is 25.7 Å². The molecule has 0 radical (unpaired) electrons. The molecular weight excluding hydrogens is 450 g/mol. The standard InChI is InChI=1S/C26H33N3O6/c1-5-34-22(30)14-20-19-13-16(8-11-21(19)27-23(20)31)24(32)29(17-9-10-17)15-18-7-6-12-28(18)25(33)35-26(2,3)4/h8,11,13-14,17-18H,5-7,9-10,12,15H2,1-4H3,(H,27,31). The van der Waals surface area contributed by atoms with Gasteiger partial charge in [-0.15, -0.1) is 0 Å². The van der Waals surface area contributed by atoms with Crippen molar-refractivity contribution in [2.24, 2.45) is 0 Å². The van der Waals surface area contributed by atoms with Crippen molar-refractivity contribution in [3.8, 4) is 0 Å². The molecule has 3 aliphatic rings. The van der Waals surface area contributed by atoms with Crippen molar-refractivity contribution in [3.05, 3.63) is 35.4 Å². The van der Waals surface area contributed by atoms with Crippen LogP contribution in [0, 0.1) is 0 Å². The van der Waals surface area contributed by atoms with Gasteiger partial charge in [0.25, 0.3) is 11.8 Å². The summed E-state index contributed by atoms with van der Waals surface area (Å²) < 4.78 is 10.5. The molecule has 4 rings (SSSR count). The first-order valence-corrected chi connectivity index (χ1v) is 12.2. The number of fused-ring (bicyclic) bond motifs is 1. The number of anilines is 1. The lowest BCUT2D eigenvalue weighted by Crippen LogP contribution is -2.47. The van der Waals surface area contributed by atoms with Gasteiger partial charge in [0.1, 0.15) is 5.60 Å². The summed E-state index contributed by atoms with van der Waals surface area (Å²) >= 11 is 0. The quantitative estimate of drug-likeness (QED) is 0.490. The zero-order chi connectivity index (χ0) is 25.3. The molecule has 1 aromatic carbocycles. The number of amides is 3. The first-order valence-electron chi connectivity index (χ1n) is 12.2. The van der Waals surface area contributed by atoms with Crippen LogP contribution in [-0.4, -0.2) is 71.1 Å². The Labute approximate surface area is 205 Å². The molecule has 0 spiro atoms. The Kier molecular flexibility index (Phi) is 6.87. The van der Waals surface area contributed by atoms with Gasteiger partial charge in [0.2, 0.25) is 0 Å². The number of likely N-dealkylation sites (tertiary alicyclic amines) is 1. The molecule has 1 N–H and O–H groups in total. The minimum Gasteiger partial charge on any atom is -0.463 e. The first kappa shape index (κ1) is 24.8. The maximum Gasteiger partial charge on any atom is 0.410 e. The second-order valence-electron chi connectivity index (χ2n) is 10.2. The summed E-state index contributed by atoms with van der Waals surface area (Å²) in [5.41, 5.74) is 1.08. The van der Waals surface area contributed by atoms with E-state index in [-0.39, 0.29) is 36.3 Å². The third-order valence-corrected chi connectivity index (χ3v) is 6.26. The summed E-state index contributed by atoms with van der Waals surface area (Å²) in [7, 11) is 0. The maximum atomic E-state index is 13.6. The van der Waals surface area contributed by atoms with Gasteiger partial charge in [0.05, 0.1) is 18.2 Å². The molecule has 1 saturated carbocycles. The first-order chi connectivity index (χ1) is 16.6. The molecule has 2 heterocycles. The minimum absolute atomic E-state index is 0.105. The van der Waals surface area contributed by atoms with Crippen LogP contribution in [0.15, 0.2) is 24.3 Å². The lowest BCUT2D eigenvalue weighted by molar-refractivity contribution is -0.137. The summed E-state index contributed by atoms with van der Waals surface area (Å²) in [6, 6.07) is 5.04. The van der Waals surface area contributed by atoms with Gasteiger partial charge in [-0.05, 0) is 71.6 Å². The van der Waals surface area contributed by atoms with E-state index in [9.17, 15) is 19.2 Å². The minimum atomic E-state index is -0.606. The van der Waals surface area contributed by atoms with Crippen LogP contribution in [0.5, 0.6) is 0 Å². The summed E-state index contributed by atoms with van der Waals surface area (Å²) in [5, 5.41) is 2.72. The molecule has 35 heavy (non-hydrogen) atoms. The molecule has 1 aromatic rings. The van der Waals surface area contributed by atoms with E-state index in [0.717, 1.165) is 31.8 Å². The van der Waals surface area contributed by atoms with Gasteiger partial charge in [0.15, 0.2) is 0 Å². The van der Waals surface area contributed by atoms with Gasteiger partial charge in [-0.25, -0.2) is 9.59 Å². The fourth-order valence-corrected chi connectivity index (χ4v) is 4.53. The lowest BCUT2D eigenvalue weighted by atomic mass is 10.0. The van der Waals surface area contributed by atoms with E-state index < -0.39 is 17.5 Å². The van der Waals surface area contributed by atoms with Gasteiger partial charge < -0.3 is 24.6 Å². The second kappa shape index (κ2) is 9.71. The van der Waals surface area contributed by atoms with E-state index >= 15 is 0 Å². The van der Waals surface area contributed by atoms with Crippen LogP contribution in [0.4, 0.5) is 10.5 Å². The predicted octanol–water partition coefficient (Wildman–Crippen LogP) is 3.59. The van der Waals surface area contributed by atoms with E-state index in [2.05, 4.69) is 5.32 Å². The number of hydrogen-bond acceptors (Lipinski definition) is 6. The summed E-state index contributed by atoms with van der Waals surface area (Å²) in [6.45, 7) is 8.46. The smallest absolute Gasteiger partial charge is 0.410 e. The Bertz CT molecular complexity index is 1070. The largest absolute Gasteiger partial charge is 0.463 e. The van der Waals surface area contributed by atoms with Gasteiger partial charge >= 0.3 is 12.1 Å². The van der Waals surface area contributed by atoms with Crippen molar-refractivity contribution in [1.82, 2.24) is 9.80 Å². The van der Waals surface area contributed by atoms with Crippen LogP contribution in [0.2, 0.25) is 0 Å². The van der Waals surface area contributed by atoms with Crippen molar-refractivity contribution in [2.45, 2.75) is 71.1 Å². The molecular formula is C26H33N3O6. The van der Waals surface area contributed by atoms with E-state index in [1.165, 1.54) is 0 Å². The predicted molar refractivity (Wildman–Crippen MR) is 130 cm³/mol. The number of rotatable bonds is 6. The molecule has 1 unspecified atom stereocenters. The Morgan fingerprint density at radius 3 is 2.60 bits per heavy atom. The molecule has 2 fully saturated rings. The molecule has 9 nitrogen and oxygen atoms in total. The molecule has 9 heteroatoms. The zero-order valence-corrected chi connectivity index (χ0v) is 20.8. The summed E-state index contributed by atoms with van der Waals surface area (Å²) in [6.07, 6.45) is 4.33. The van der Waals surface area contributed by atoms with Gasteiger partial charge in [0, 0.05) is 42.0 Å². The van der Waals surface area contributed by atoms with Gasteiger partial charge in [-0.1, -0.05) is 0 Å². The Hall–Kier alpha value is -3.36. The molecule has 0 bridgehead atoms. The van der Waals surface area contributed by atoms with Crippen LogP contribution in [0.25, 0.3) is 5.57 Å². The van der Waals surface area contributed by atoms with E-state index in [1.54, 1.807) is 30.0 Å². The van der Waals surface area contributed by atoms with Crippen molar-refractivity contribution < 1.29 is 28.7 Å². The topological polar surface area (TPSA) is 105 Å². The highest BCUT2D eigenvalue weighted by Gasteiger charge is 2.39. The van der Waals surface area contributed by atoms with Crippen molar-refractivity contribution >= 4 is 35.1 Å². The maximum absolute atomic E-state index is 13.6. The Morgan fingerprint density at radius 2 is 1.94 bits per heavy atom. The zero-order valence-electron chi connectivity index (χ0n) is 20.8. The van der Waals surface area contributed by atoms with Crippen LogP contribution in [-0.2, 0) is 19.1 Å². The van der Waals surface area contributed by atoms with Gasteiger partial charge in [-0.2, -0.15) is 0 Å². The highest BCUT2D eigenvalue weighted by molar-refractivity contribution is 6.33. The SMILES string of the molecule is CCOC(=O)C=C1C(=O)Nc2ccc(C(=O)N(CC3CCCN3C(=O)OC(C)(C)C)C3CC3)cc21. The number of carbonyl (C=O) groups excluding carboxylic acids is 4. The highest BCUT2D eigenvalue weighted by atomic mass is 16.6. The number of esters is 1. The Morgan fingerprint density at radius 1 is 1.20 bits per heavy atom. The van der Waals surface area contributed by atoms with E-state index in [0.29, 0.717) is 29.9 Å². The number of ether oxygens (including phenoxy) is 2. The number of carbonyl (C=O) groups is 4. The van der Waals surface area contributed by atoms with Crippen molar-refractivity contribution in [2.75, 3.05) is 25.0 Å². The molecule has 188 valence electrons. The number of hydrogen-bond donors (Lipinski definition) is 1. The average Bonchev–Trinajstić information content (AvgIpc) is 3.43. The summed E-state index contributed by atoms with van der Waals surface area (Å²) in [4.78, 5) is 54.3. The van der Waals surface area contributed by atoms with Crippen LogP contribution in [0.1, 0.15) is 69.3 Å². The van der Waals surface area contributed by atoms with Crippen molar-refractivity contribution in [1.29, 1.82) is 0 Å². The lowest BCUT2D eigenvalue weighted by Gasteiger charge is -2.32. The molecule has 3 amide bonds. The number of benzene rings is 1. The second-order valence-corrected chi connectivity index (χ2v) is 10.2. The fraction of sp³-hybridized carbons (Fsp3) is 0.538. The number of nitrogens with one attached hydrogen (secondary N) is 1. The van der Waals surface area contributed by atoms with Gasteiger partial charge in [-0.3, -0.25) is 9.59 Å². The molecule has 1 aliphatic carbocycles. The van der Waals surface area contributed by atoms with Crippen LogP contribution in [0.3, 0.4) is 0 Å². The summed E-state index contributed by atoms with van der Waals surface area (Å²) in [5.74, 6) is -1.16. The van der Waals surface area contributed by atoms with Crippen LogP contribution < -0.4 is 5.32 Å². The Balaban J connectivity index is 1.54. The van der Waals surface area contributed by atoms with Crippen molar-refractivity contribution in [3.63, 3.8) is 0 Å². The molecule has 0 aromatic heterocycles.